The molecule has 0 aliphatic carbocycles. The number of hydrogen-bond donors (Lipinski definition) is 0. The SMILES string of the molecule is CC.CC.Cc1ccc(C)c(C=O)c1. The van der Waals surface area contributed by atoms with Crippen molar-refractivity contribution in [2.45, 2.75) is 41.5 Å². The van der Waals surface area contributed by atoms with Crippen LogP contribution in [0.3, 0.4) is 0 Å². The molecule has 0 saturated carbocycles. The minimum absolute atomic E-state index is 0.792. The van der Waals surface area contributed by atoms with Crippen LogP contribution >= 0.6 is 0 Å². The van der Waals surface area contributed by atoms with Crippen molar-refractivity contribution >= 4 is 6.29 Å². The molecule has 0 spiro atoms. The number of rotatable bonds is 1. The molecule has 0 bridgehead atoms. The topological polar surface area (TPSA) is 17.1 Å². The summed E-state index contributed by atoms with van der Waals surface area (Å²) >= 11 is 0. The van der Waals surface area contributed by atoms with E-state index in [4.69, 9.17) is 0 Å². The number of aryl methyl sites for hydroxylation is 2. The van der Waals surface area contributed by atoms with Crippen molar-refractivity contribution in [3.63, 3.8) is 0 Å². The zero-order chi connectivity index (χ0) is 11.6. The zero-order valence-electron chi connectivity index (χ0n) is 10.2. The van der Waals surface area contributed by atoms with Gasteiger partial charge in [-0.25, -0.2) is 0 Å². The Kier molecular flexibility index (Phi) is 10.9. The van der Waals surface area contributed by atoms with Gasteiger partial charge in [0.2, 0.25) is 0 Å². The molecule has 0 radical (unpaired) electrons. The molecule has 0 atom stereocenters. The van der Waals surface area contributed by atoms with Crippen molar-refractivity contribution in [2.24, 2.45) is 0 Å². The number of carbonyl (C=O) groups excluding carboxylic acids is 1. The second-order valence-electron chi connectivity index (χ2n) is 2.48. The van der Waals surface area contributed by atoms with Crippen molar-refractivity contribution in [2.75, 3.05) is 0 Å². The smallest absolute Gasteiger partial charge is 0.150 e. The highest BCUT2D eigenvalue weighted by atomic mass is 16.1. The van der Waals surface area contributed by atoms with E-state index in [1.807, 2.05) is 59.7 Å². The first-order valence-electron chi connectivity index (χ1n) is 5.26. The number of aldehydes is 1. The molecule has 0 saturated heterocycles. The van der Waals surface area contributed by atoms with Crippen molar-refractivity contribution < 1.29 is 4.79 Å². The van der Waals surface area contributed by atoms with E-state index in [1.165, 1.54) is 0 Å². The van der Waals surface area contributed by atoms with E-state index in [9.17, 15) is 4.79 Å². The van der Waals surface area contributed by atoms with Gasteiger partial charge in [-0.1, -0.05) is 45.4 Å². The lowest BCUT2D eigenvalue weighted by molar-refractivity contribution is 0.112. The third kappa shape index (κ3) is 5.52. The monoisotopic (exact) mass is 194 g/mol. The van der Waals surface area contributed by atoms with Crippen LogP contribution in [0.1, 0.15) is 49.2 Å². The fourth-order valence-corrected chi connectivity index (χ4v) is 0.887. The van der Waals surface area contributed by atoms with Crippen LogP contribution in [-0.4, -0.2) is 6.29 Å². The summed E-state index contributed by atoms with van der Waals surface area (Å²) in [5, 5.41) is 0. The molecule has 1 heteroatoms. The van der Waals surface area contributed by atoms with E-state index < -0.39 is 0 Å². The Bertz CT molecular complexity index is 251. The maximum Gasteiger partial charge on any atom is 0.150 e. The molecule has 1 nitrogen and oxygen atoms in total. The average molecular weight is 194 g/mol. The van der Waals surface area contributed by atoms with Gasteiger partial charge in [-0.3, -0.25) is 4.79 Å². The average Bonchev–Trinajstić information content (AvgIpc) is 2.27. The van der Waals surface area contributed by atoms with Gasteiger partial charge in [-0.05, 0) is 25.5 Å². The third-order valence-electron chi connectivity index (χ3n) is 1.56. The van der Waals surface area contributed by atoms with Crippen LogP contribution in [0.4, 0.5) is 0 Å². The van der Waals surface area contributed by atoms with Gasteiger partial charge < -0.3 is 0 Å². The van der Waals surface area contributed by atoms with Gasteiger partial charge in [0.25, 0.3) is 0 Å². The quantitative estimate of drug-likeness (QED) is 0.613. The van der Waals surface area contributed by atoms with Crippen molar-refractivity contribution in [3.8, 4) is 0 Å². The van der Waals surface area contributed by atoms with Gasteiger partial charge in [0, 0.05) is 5.56 Å². The van der Waals surface area contributed by atoms with Crippen LogP contribution in [0.25, 0.3) is 0 Å². The first-order valence-corrected chi connectivity index (χ1v) is 5.26. The lowest BCUT2D eigenvalue weighted by atomic mass is 10.1. The van der Waals surface area contributed by atoms with Gasteiger partial charge in [-0.15, -0.1) is 0 Å². The predicted octanol–water partition coefficient (Wildman–Crippen LogP) is 4.17. The first-order chi connectivity index (χ1) is 6.74. The Hall–Kier alpha value is -1.11. The molecule has 0 aliphatic rings. The molecule has 0 heterocycles. The Balaban J connectivity index is 0. The van der Waals surface area contributed by atoms with E-state index in [1.54, 1.807) is 0 Å². The molecule has 0 amide bonds. The molecule has 0 unspecified atom stereocenters. The Labute approximate surface area is 88.2 Å². The second-order valence-corrected chi connectivity index (χ2v) is 2.48. The summed E-state index contributed by atoms with van der Waals surface area (Å²) in [4.78, 5) is 10.4. The summed E-state index contributed by atoms with van der Waals surface area (Å²) in [6.07, 6.45) is 0.891. The Morgan fingerprint density at radius 1 is 1.00 bits per heavy atom. The molecule has 1 aromatic carbocycles. The molecule has 1 rings (SSSR count). The molecule has 0 aromatic heterocycles. The maximum atomic E-state index is 10.4. The molecule has 1 aromatic rings. The van der Waals surface area contributed by atoms with Gasteiger partial charge in [0.15, 0.2) is 0 Å². The highest BCUT2D eigenvalue weighted by Crippen LogP contribution is 2.07. The molecule has 80 valence electrons. The normalized spacial score (nSPS) is 7.57. The van der Waals surface area contributed by atoms with E-state index in [0.717, 1.165) is 23.0 Å². The standard InChI is InChI=1S/C9H10O.2C2H6/c1-7-3-4-8(2)9(5-7)6-10;2*1-2/h3-6H,1-2H3;2*1-2H3. The first kappa shape index (κ1) is 15.4. The molecule has 0 fully saturated rings. The minimum atomic E-state index is 0.792. The second kappa shape index (κ2) is 9.97. The number of hydrogen-bond acceptors (Lipinski definition) is 1. The summed E-state index contributed by atoms with van der Waals surface area (Å²) in [6.45, 7) is 11.9. The summed E-state index contributed by atoms with van der Waals surface area (Å²) < 4.78 is 0. The molecule has 14 heavy (non-hydrogen) atoms. The number of carbonyl (C=O) groups is 1. The van der Waals surface area contributed by atoms with Crippen LogP contribution in [0.2, 0.25) is 0 Å². The molecule has 0 N–H and O–H groups in total. The van der Waals surface area contributed by atoms with Gasteiger partial charge >= 0.3 is 0 Å². The van der Waals surface area contributed by atoms with E-state index in [2.05, 4.69) is 0 Å². The van der Waals surface area contributed by atoms with Crippen LogP contribution < -0.4 is 0 Å². The maximum absolute atomic E-state index is 10.4. The Morgan fingerprint density at radius 2 is 1.50 bits per heavy atom. The molecular formula is C13H22O. The lowest BCUT2D eigenvalue weighted by Crippen LogP contribution is -1.85. The van der Waals surface area contributed by atoms with Crippen LogP contribution in [0, 0.1) is 13.8 Å². The fourth-order valence-electron chi connectivity index (χ4n) is 0.887. The third-order valence-corrected chi connectivity index (χ3v) is 1.56. The fraction of sp³-hybridized carbons (Fsp3) is 0.462. The van der Waals surface area contributed by atoms with Gasteiger partial charge in [0.05, 0.1) is 0 Å². The van der Waals surface area contributed by atoms with Crippen molar-refractivity contribution in [3.05, 3.63) is 34.9 Å². The van der Waals surface area contributed by atoms with Crippen molar-refractivity contribution in [1.82, 2.24) is 0 Å². The van der Waals surface area contributed by atoms with E-state index >= 15 is 0 Å². The van der Waals surface area contributed by atoms with E-state index in [0.29, 0.717) is 0 Å². The van der Waals surface area contributed by atoms with E-state index in [-0.39, 0.29) is 0 Å². The van der Waals surface area contributed by atoms with Crippen LogP contribution in [0.15, 0.2) is 18.2 Å². The minimum Gasteiger partial charge on any atom is -0.298 e. The zero-order valence-corrected chi connectivity index (χ0v) is 10.2. The van der Waals surface area contributed by atoms with Crippen molar-refractivity contribution in [1.29, 1.82) is 0 Å². The predicted molar refractivity (Wildman–Crippen MR) is 64.0 cm³/mol. The highest BCUT2D eigenvalue weighted by molar-refractivity contribution is 5.77. The van der Waals surface area contributed by atoms with Gasteiger partial charge in [0.1, 0.15) is 6.29 Å². The molecule has 0 aliphatic heterocycles. The summed E-state index contributed by atoms with van der Waals surface area (Å²) in [7, 11) is 0. The molecular weight excluding hydrogens is 172 g/mol. The van der Waals surface area contributed by atoms with Crippen LogP contribution in [0.5, 0.6) is 0 Å². The summed E-state index contributed by atoms with van der Waals surface area (Å²) in [6, 6.07) is 5.85. The summed E-state index contributed by atoms with van der Waals surface area (Å²) in [5.41, 5.74) is 2.97. The number of benzene rings is 1. The summed E-state index contributed by atoms with van der Waals surface area (Å²) in [5.74, 6) is 0. The highest BCUT2D eigenvalue weighted by Gasteiger charge is 1.94. The van der Waals surface area contributed by atoms with Gasteiger partial charge in [-0.2, -0.15) is 0 Å². The lowest BCUT2D eigenvalue weighted by Gasteiger charge is -1.97. The van der Waals surface area contributed by atoms with Crippen LogP contribution in [-0.2, 0) is 0 Å². The Morgan fingerprint density at radius 3 is 1.86 bits per heavy atom. The largest absolute Gasteiger partial charge is 0.298 e.